The molecule has 0 aliphatic heterocycles. The molecule has 0 fully saturated rings. The molecule has 20 heavy (non-hydrogen) atoms. The summed E-state index contributed by atoms with van der Waals surface area (Å²) >= 11 is 11.8. The summed E-state index contributed by atoms with van der Waals surface area (Å²) in [5.41, 5.74) is 0. The lowest BCUT2D eigenvalue weighted by Crippen LogP contribution is -2.30. The molecule has 0 unspecified atom stereocenters. The number of nitrogens with one attached hydrogen (secondary N) is 1. The van der Waals surface area contributed by atoms with Crippen LogP contribution in [0.2, 0.25) is 10.0 Å². The topological polar surface area (TPSA) is 64.6 Å². The Balaban J connectivity index is 2.28. The molecule has 0 saturated heterocycles. The molecular weight excluding hydrogens is 305 g/mol. The molecule has 0 saturated carbocycles. The van der Waals surface area contributed by atoms with Crippen molar-refractivity contribution in [3.63, 3.8) is 0 Å². The first kappa shape index (κ1) is 16.6. The van der Waals surface area contributed by atoms with E-state index in [-0.39, 0.29) is 30.7 Å². The number of halogens is 2. The van der Waals surface area contributed by atoms with Gasteiger partial charge in [-0.05, 0) is 18.6 Å². The molecule has 0 bridgehead atoms. The van der Waals surface area contributed by atoms with Crippen LogP contribution in [0.1, 0.15) is 12.8 Å². The van der Waals surface area contributed by atoms with Gasteiger partial charge in [-0.25, -0.2) is 0 Å². The number of para-hydroxylation sites is 1. The number of esters is 1. The van der Waals surface area contributed by atoms with Crippen molar-refractivity contribution in [2.24, 2.45) is 0 Å². The van der Waals surface area contributed by atoms with Crippen LogP contribution in [0.4, 0.5) is 0 Å². The van der Waals surface area contributed by atoms with Crippen molar-refractivity contribution in [3.05, 3.63) is 28.2 Å². The first-order valence-corrected chi connectivity index (χ1v) is 6.70. The van der Waals surface area contributed by atoms with E-state index in [1.54, 1.807) is 18.2 Å². The fraction of sp³-hybridized carbons (Fsp3) is 0.385. The van der Waals surface area contributed by atoms with Crippen molar-refractivity contribution in [2.75, 3.05) is 20.3 Å². The van der Waals surface area contributed by atoms with Crippen LogP contribution in [0.3, 0.4) is 0 Å². The Bertz CT molecular complexity index is 459. The Morgan fingerprint density at radius 3 is 2.50 bits per heavy atom. The van der Waals surface area contributed by atoms with E-state index < -0.39 is 0 Å². The molecule has 5 nitrogen and oxygen atoms in total. The molecular formula is C13H15Cl2NO4. The quantitative estimate of drug-likeness (QED) is 0.619. The van der Waals surface area contributed by atoms with Gasteiger partial charge in [0.05, 0.1) is 17.2 Å². The summed E-state index contributed by atoms with van der Waals surface area (Å²) < 4.78 is 9.74. The van der Waals surface area contributed by atoms with E-state index in [9.17, 15) is 9.59 Å². The highest BCUT2D eigenvalue weighted by Crippen LogP contribution is 2.32. The van der Waals surface area contributed by atoms with Gasteiger partial charge in [0.2, 0.25) is 0 Å². The van der Waals surface area contributed by atoms with Crippen LogP contribution in [0.15, 0.2) is 18.2 Å². The van der Waals surface area contributed by atoms with Gasteiger partial charge in [0.15, 0.2) is 12.4 Å². The molecule has 0 aliphatic carbocycles. The van der Waals surface area contributed by atoms with Crippen molar-refractivity contribution < 1.29 is 19.1 Å². The molecule has 1 rings (SSSR count). The van der Waals surface area contributed by atoms with Crippen LogP contribution in [0.5, 0.6) is 5.75 Å². The lowest BCUT2D eigenvalue weighted by atomic mass is 10.3. The van der Waals surface area contributed by atoms with E-state index in [0.717, 1.165) is 0 Å². The molecule has 7 heteroatoms. The molecule has 0 atom stereocenters. The number of rotatable bonds is 7. The zero-order valence-electron chi connectivity index (χ0n) is 10.9. The van der Waals surface area contributed by atoms with E-state index in [4.69, 9.17) is 27.9 Å². The maximum Gasteiger partial charge on any atom is 0.305 e. The molecule has 0 spiro atoms. The Morgan fingerprint density at radius 2 is 1.90 bits per heavy atom. The average molecular weight is 320 g/mol. The first-order chi connectivity index (χ1) is 9.54. The normalized spacial score (nSPS) is 9.95. The van der Waals surface area contributed by atoms with Gasteiger partial charge >= 0.3 is 5.97 Å². The lowest BCUT2D eigenvalue weighted by Gasteiger charge is -2.09. The van der Waals surface area contributed by atoms with Crippen molar-refractivity contribution in [2.45, 2.75) is 12.8 Å². The van der Waals surface area contributed by atoms with E-state index in [1.165, 1.54) is 7.11 Å². The minimum atomic E-state index is -0.314. The number of carbonyl (C=O) groups is 2. The number of amides is 1. The SMILES string of the molecule is COC(=O)CCCNC(=O)COc1c(Cl)cccc1Cl. The van der Waals surface area contributed by atoms with Crippen molar-refractivity contribution >= 4 is 35.1 Å². The predicted molar refractivity (Wildman–Crippen MR) is 76.2 cm³/mol. The zero-order chi connectivity index (χ0) is 15.0. The second-order valence-corrected chi connectivity index (χ2v) is 4.68. The number of hydrogen-bond acceptors (Lipinski definition) is 4. The molecule has 1 aromatic rings. The summed E-state index contributed by atoms with van der Waals surface area (Å²) in [7, 11) is 1.32. The van der Waals surface area contributed by atoms with E-state index in [1.807, 2.05) is 0 Å². The van der Waals surface area contributed by atoms with Crippen LogP contribution < -0.4 is 10.1 Å². The Labute approximate surface area is 127 Å². The summed E-state index contributed by atoms with van der Waals surface area (Å²) in [6, 6.07) is 4.93. The van der Waals surface area contributed by atoms with Crippen molar-refractivity contribution in [1.29, 1.82) is 0 Å². The number of hydrogen-bond donors (Lipinski definition) is 1. The van der Waals surface area contributed by atoms with Crippen molar-refractivity contribution in [3.8, 4) is 5.75 Å². The molecule has 1 aromatic carbocycles. The van der Waals surface area contributed by atoms with Crippen LogP contribution in [0.25, 0.3) is 0 Å². The number of benzene rings is 1. The molecule has 1 amide bonds. The van der Waals surface area contributed by atoms with Gasteiger partial charge in [-0.2, -0.15) is 0 Å². The second kappa shape index (κ2) is 8.66. The van der Waals surface area contributed by atoms with Crippen LogP contribution >= 0.6 is 23.2 Å². The van der Waals surface area contributed by atoms with Gasteiger partial charge in [-0.15, -0.1) is 0 Å². The summed E-state index contributed by atoms with van der Waals surface area (Å²) in [4.78, 5) is 22.4. The highest BCUT2D eigenvalue weighted by atomic mass is 35.5. The lowest BCUT2D eigenvalue weighted by molar-refractivity contribution is -0.140. The van der Waals surface area contributed by atoms with Gasteiger partial charge in [-0.3, -0.25) is 9.59 Å². The minimum absolute atomic E-state index is 0.193. The highest BCUT2D eigenvalue weighted by Gasteiger charge is 2.09. The third-order valence-corrected chi connectivity index (χ3v) is 2.97. The first-order valence-electron chi connectivity index (χ1n) is 5.95. The molecule has 0 radical (unpaired) electrons. The van der Waals surface area contributed by atoms with Crippen LogP contribution in [-0.4, -0.2) is 32.1 Å². The summed E-state index contributed by atoms with van der Waals surface area (Å²) in [6.07, 6.45) is 0.763. The van der Waals surface area contributed by atoms with Crippen LogP contribution in [0, 0.1) is 0 Å². The number of methoxy groups -OCH3 is 1. The molecule has 0 aromatic heterocycles. The number of ether oxygens (including phenoxy) is 2. The summed E-state index contributed by atoms with van der Waals surface area (Å²) in [6.45, 7) is 0.176. The zero-order valence-corrected chi connectivity index (χ0v) is 12.5. The Hall–Kier alpha value is -1.46. The van der Waals surface area contributed by atoms with Crippen LogP contribution in [-0.2, 0) is 14.3 Å². The Kier molecular flexibility index (Phi) is 7.18. The van der Waals surface area contributed by atoms with E-state index in [0.29, 0.717) is 23.0 Å². The van der Waals surface area contributed by atoms with E-state index in [2.05, 4.69) is 10.1 Å². The summed E-state index contributed by atoms with van der Waals surface area (Å²) in [5.74, 6) is -0.343. The molecule has 0 heterocycles. The fourth-order valence-electron chi connectivity index (χ4n) is 1.37. The monoisotopic (exact) mass is 319 g/mol. The largest absolute Gasteiger partial charge is 0.481 e. The highest BCUT2D eigenvalue weighted by molar-refractivity contribution is 6.37. The van der Waals surface area contributed by atoms with Gasteiger partial charge in [0.25, 0.3) is 5.91 Å². The third kappa shape index (κ3) is 5.67. The average Bonchev–Trinajstić information content (AvgIpc) is 2.42. The predicted octanol–water partition coefficient (Wildman–Crippen LogP) is 2.44. The van der Waals surface area contributed by atoms with E-state index >= 15 is 0 Å². The molecule has 1 N–H and O–H groups in total. The molecule has 110 valence electrons. The Morgan fingerprint density at radius 1 is 1.25 bits per heavy atom. The minimum Gasteiger partial charge on any atom is -0.481 e. The standard InChI is InChI=1S/C13H15Cl2NO4/c1-19-12(18)6-3-7-16-11(17)8-20-13-9(14)4-2-5-10(13)15/h2,4-5H,3,6-8H2,1H3,(H,16,17). The maximum absolute atomic E-state index is 11.5. The third-order valence-electron chi connectivity index (χ3n) is 2.37. The van der Waals surface area contributed by atoms with Gasteiger partial charge in [-0.1, -0.05) is 29.3 Å². The van der Waals surface area contributed by atoms with Gasteiger partial charge in [0, 0.05) is 13.0 Å². The van der Waals surface area contributed by atoms with Gasteiger partial charge < -0.3 is 14.8 Å². The summed E-state index contributed by atoms with van der Waals surface area (Å²) in [5, 5.41) is 3.30. The van der Waals surface area contributed by atoms with Gasteiger partial charge in [0.1, 0.15) is 0 Å². The second-order valence-electron chi connectivity index (χ2n) is 3.87. The number of carbonyl (C=O) groups excluding carboxylic acids is 2. The smallest absolute Gasteiger partial charge is 0.305 e. The maximum atomic E-state index is 11.5. The molecule has 0 aliphatic rings. The fourth-order valence-corrected chi connectivity index (χ4v) is 1.88. The van der Waals surface area contributed by atoms with Crippen molar-refractivity contribution in [1.82, 2.24) is 5.32 Å².